The number of hydrogen-bond donors (Lipinski definition) is 2. The largest absolute Gasteiger partial charge is 0.394 e. The van der Waals surface area contributed by atoms with Crippen molar-refractivity contribution in [2.24, 2.45) is 5.73 Å². The monoisotopic (exact) mass is 181 g/mol. The van der Waals surface area contributed by atoms with E-state index in [2.05, 4.69) is 6.92 Å². The van der Waals surface area contributed by atoms with Crippen LogP contribution in [0.5, 0.6) is 0 Å². The van der Waals surface area contributed by atoms with Crippen LogP contribution in [0.3, 0.4) is 0 Å². The maximum atomic E-state index is 8.89. The molecule has 0 fully saturated rings. The molecular weight excluding hydrogens is 162 g/mol. The molecule has 0 unspecified atom stereocenters. The fourth-order valence-corrected chi connectivity index (χ4v) is 0.896. The highest BCUT2D eigenvalue weighted by Gasteiger charge is 2.19. The van der Waals surface area contributed by atoms with Gasteiger partial charge in [0.2, 0.25) is 0 Å². The summed E-state index contributed by atoms with van der Waals surface area (Å²) < 4.78 is 0. The topological polar surface area (TPSA) is 46.2 Å². The molecule has 0 spiro atoms. The Morgan fingerprint density at radius 2 is 1.91 bits per heavy atom. The summed E-state index contributed by atoms with van der Waals surface area (Å²) >= 11 is 0. The van der Waals surface area contributed by atoms with Gasteiger partial charge in [-0.3, -0.25) is 0 Å². The highest BCUT2D eigenvalue weighted by atomic mass is 35.5. The average molecular weight is 182 g/mol. The van der Waals surface area contributed by atoms with Gasteiger partial charge in [-0.1, -0.05) is 26.7 Å². The highest BCUT2D eigenvalue weighted by Crippen LogP contribution is 2.13. The molecule has 0 rings (SSSR count). The number of aliphatic hydroxyl groups is 1. The fourth-order valence-electron chi connectivity index (χ4n) is 0.896. The number of nitrogens with two attached hydrogens (primary N) is 1. The minimum absolute atomic E-state index is 0. The first kappa shape index (κ1) is 13.8. The molecule has 1 atom stereocenters. The van der Waals surface area contributed by atoms with Crippen molar-refractivity contribution in [3.8, 4) is 0 Å². The summed E-state index contributed by atoms with van der Waals surface area (Å²) in [5, 5.41) is 8.89. The molecule has 0 bridgehead atoms. The summed E-state index contributed by atoms with van der Waals surface area (Å²) in [6.07, 6.45) is 4.07. The maximum Gasteiger partial charge on any atom is 0.0611 e. The molecule has 0 radical (unpaired) electrons. The zero-order valence-electron chi connectivity index (χ0n) is 7.47. The summed E-state index contributed by atoms with van der Waals surface area (Å²) in [6.45, 7) is 4.27. The van der Waals surface area contributed by atoms with Gasteiger partial charge in [-0.15, -0.1) is 12.4 Å². The second kappa shape index (κ2) is 6.89. The Morgan fingerprint density at radius 3 is 2.18 bits per heavy atom. The van der Waals surface area contributed by atoms with E-state index in [4.69, 9.17) is 10.8 Å². The highest BCUT2D eigenvalue weighted by molar-refractivity contribution is 5.85. The van der Waals surface area contributed by atoms with Crippen LogP contribution in [0.25, 0.3) is 0 Å². The van der Waals surface area contributed by atoms with Crippen molar-refractivity contribution in [1.82, 2.24) is 0 Å². The molecule has 0 aromatic heterocycles. The molecule has 0 amide bonds. The van der Waals surface area contributed by atoms with Crippen LogP contribution in [0.1, 0.15) is 39.5 Å². The van der Waals surface area contributed by atoms with Crippen molar-refractivity contribution in [3.63, 3.8) is 0 Å². The molecule has 3 N–H and O–H groups in total. The van der Waals surface area contributed by atoms with Gasteiger partial charge in [0, 0.05) is 5.54 Å². The zero-order valence-corrected chi connectivity index (χ0v) is 8.28. The van der Waals surface area contributed by atoms with Gasteiger partial charge in [0.05, 0.1) is 6.61 Å². The Morgan fingerprint density at radius 1 is 1.36 bits per heavy atom. The molecule has 0 saturated carbocycles. The minimum Gasteiger partial charge on any atom is -0.394 e. The molecule has 0 aliphatic rings. The number of halogens is 1. The molecular formula is C8H20ClNO. The van der Waals surface area contributed by atoms with Gasteiger partial charge in [0.1, 0.15) is 0 Å². The Balaban J connectivity index is 0. The molecule has 70 valence electrons. The third kappa shape index (κ3) is 5.48. The number of rotatable bonds is 5. The Hall–Kier alpha value is 0.210. The van der Waals surface area contributed by atoms with E-state index in [0.717, 1.165) is 25.7 Å². The summed E-state index contributed by atoms with van der Waals surface area (Å²) in [5.74, 6) is 0. The minimum atomic E-state index is -0.310. The van der Waals surface area contributed by atoms with E-state index >= 15 is 0 Å². The lowest BCUT2D eigenvalue weighted by Crippen LogP contribution is -2.42. The van der Waals surface area contributed by atoms with Crippen LogP contribution in [0, 0.1) is 0 Å². The predicted octanol–water partition coefficient (Wildman–Crippen LogP) is 1.70. The third-order valence-electron chi connectivity index (χ3n) is 2.05. The van der Waals surface area contributed by atoms with Crippen LogP contribution in [0.2, 0.25) is 0 Å². The van der Waals surface area contributed by atoms with Crippen LogP contribution < -0.4 is 5.73 Å². The third-order valence-corrected chi connectivity index (χ3v) is 2.05. The second-order valence-electron chi connectivity index (χ2n) is 2.98. The molecule has 0 saturated heterocycles. The van der Waals surface area contributed by atoms with Gasteiger partial charge in [-0.25, -0.2) is 0 Å². The van der Waals surface area contributed by atoms with Crippen LogP contribution in [0.15, 0.2) is 0 Å². The van der Waals surface area contributed by atoms with Gasteiger partial charge in [-0.05, 0) is 12.8 Å². The van der Waals surface area contributed by atoms with E-state index < -0.39 is 0 Å². The van der Waals surface area contributed by atoms with Crippen molar-refractivity contribution in [2.45, 2.75) is 45.1 Å². The van der Waals surface area contributed by atoms with Gasteiger partial charge in [0.25, 0.3) is 0 Å². The first-order valence-electron chi connectivity index (χ1n) is 4.08. The van der Waals surface area contributed by atoms with Crippen molar-refractivity contribution in [1.29, 1.82) is 0 Å². The van der Waals surface area contributed by atoms with E-state index in [1.807, 2.05) is 6.92 Å². The van der Waals surface area contributed by atoms with E-state index in [9.17, 15) is 0 Å². The molecule has 3 heteroatoms. The van der Waals surface area contributed by atoms with E-state index in [-0.39, 0.29) is 24.6 Å². The van der Waals surface area contributed by atoms with Gasteiger partial charge < -0.3 is 10.8 Å². The lowest BCUT2D eigenvalue weighted by atomic mass is 9.92. The lowest BCUT2D eigenvalue weighted by Gasteiger charge is -2.24. The fraction of sp³-hybridized carbons (Fsp3) is 1.00. The van der Waals surface area contributed by atoms with Crippen LogP contribution in [-0.2, 0) is 0 Å². The van der Waals surface area contributed by atoms with E-state index in [1.54, 1.807) is 0 Å². The lowest BCUT2D eigenvalue weighted by molar-refractivity contribution is 0.180. The van der Waals surface area contributed by atoms with Crippen molar-refractivity contribution < 1.29 is 5.11 Å². The first-order valence-corrected chi connectivity index (χ1v) is 4.08. The molecule has 0 aromatic rings. The molecule has 0 aliphatic carbocycles. The molecule has 0 heterocycles. The Labute approximate surface area is 75.6 Å². The van der Waals surface area contributed by atoms with Crippen LogP contribution in [0.4, 0.5) is 0 Å². The van der Waals surface area contributed by atoms with Gasteiger partial charge in [-0.2, -0.15) is 0 Å². The Kier molecular flexibility index (Phi) is 8.63. The zero-order chi connectivity index (χ0) is 8.04. The second-order valence-corrected chi connectivity index (χ2v) is 2.98. The molecule has 0 aromatic carbocycles. The number of unbranched alkanes of at least 4 members (excludes halogenated alkanes) is 1. The predicted molar refractivity (Wildman–Crippen MR) is 51.1 cm³/mol. The summed E-state index contributed by atoms with van der Waals surface area (Å²) in [5.41, 5.74) is 5.52. The standard InChI is InChI=1S/C8H19NO.ClH/c1-3-5-6-8(9,4-2)7-10;/h10H,3-7,9H2,1-2H3;1H/t8-;/m1./s1. The maximum absolute atomic E-state index is 8.89. The van der Waals surface area contributed by atoms with Gasteiger partial charge in [0.15, 0.2) is 0 Å². The van der Waals surface area contributed by atoms with Crippen molar-refractivity contribution in [3.05, 3.63) is 0 Å². The van der Waals surface area contributed by atoms with Gasteiger partial charge >= 0.3 is 0 Å². The van der Waals surface area contributed by atoms with Crippen molar-refractivity contribution in [2.75, 3.05) is 6.61 Å². The quantitative estimate of drug-likeness (QED) is 0.678. The number of aliphatic hydroxyl groups excluding tert-OH is 1. The van der Waals surface area contributed by atoms with Crippen LogP contribution in [-0.4, -0.2) is 17.3 Å². The molecule has 0 aliphatic heterocycles. The molecule has 2 nitrogen and oxygen atoms in total. The summed E-state index contributed by atoms with van der Waals surface area (Å²) in [4.78, 5) is 0. The first-order chi connectivity index (χ1) is 4.68. The number of hydrogen-bond acceptors (Lipinski definition) is 2. The van der Waals surface area contributed by atoms with E-state index in [1.165, 1.54) is 0 Å². The average Bonchev–Trinajstić information content (AvgIpc) is 2.00. The summed E-state index contributed by atoms with van der Waals surface area (Å²) in [6, 6.07) is 0. The SMILES string of the molecule is CCCC[C@](N)(CC)CO.Cl. The normalized spacial score (nSPS) is 15.3. The summed E-state index contributed by atoms with van der Waals surface area (Å²) in [7, 11) is 0. The Bertz CT molecular complexity index is 84.2. The van der Waals surface area contributed by atoms with Crippen LogP contribution >= 0.6 is 12.4 Å². The van der Waals surface area contributed by atoms with E-state index in [0.29, 0.717) is 0 Å². The van der Waals surface area contributed by atoms with Crippen molar-refractivity contribution >= 4 is 12.4 Å². The smallest absolute Gasteiger partial charge is 0.0611 e. The molecule has 11 heavy (non-hydrogen) atoms.